The van der Waals surface area contributed by atoms with E-state index in [0.717, 1.165) is 30.7 Å². The summed E-state index contributed by atoms with van der Waals surface area (Å²) in [5, 5.41) is 4.85. The van der Waals surface area contributed by atoms with Gasteiger partial charge in [-0.3, -0.25) is 0 Å². The van der Waals surface area contributed by atoms with Gasteiger partial charge in [0.15, 0.2) is 0 Å². The number of rotatable bonds is 5. The third-order valence-corrected chi connectivity index (χ3v) is 3.77. The van der Waals surface area contributed by atoms with Crippen molar-refractivity contribution in [3.05, 3.63) is 35.6 Å². The fourth-order valence-corrected chi connectivity index (χ4v) is 2.69. The van der Waals surface area contributed by atoms with Gasteiger partial charge < -0.3 is 9.73 Å². The largest absolute Gasteiger partial charge is 0.459 e. The Bertz CT molecular complexity index is 562. The fraction of sp³-hybridized carbons (Fsp3) is 0.556. The van der Waals surface area contributed by atoms with Crippen molar-refractivity contribution in [2.24, 2.45) is 5.41 Å². The van der Waals surface area contributed by atoms with Gasteiger partial charge in [0.25, 0.3) is 0 Å². The molecule has 0 spiro atoms. The number of hydrogen-bond acceptors (Lipinski definition) is 2. The predicted molar refractivity (Wildman–Crippen MR) is 86.1 cm³/mol. The number of aryl methyl sites for hydroxylation is 1. The summed E-state index contributed by atoms with van der Waals surface area (Å²) < 4.78 is 6.21. The van der Waals surface area contributed by atoms with E-state index in [4.69, 9.17) is 4.42 Å². The molecule has 1 unspecified atom stereocenters. The summed E-state index contributed by atoms with van der Waals surface area (Å²) in [6, 6.07) is 8.86. The van der Waals surface area contributed by atoms with E-state index in [-0.39, 0.29) is 11.5 Å². The fourth-order valence-electron chi connectivity index (χ4n) is 2.69. The minimum absolute atomic E-state index is 0.134. The van der Waals surface area contributed by atoms with Gasteiger partial charge in [0.05, 0.1) is 6.04 Å². The van der Waals surface area contributed by atoms with Crippen LogP contribution < -0.4 is 5.32 Å². The summed E-state index contributed by atoms with van der Waals surface area (Å²) in [6.07, 6.45) is 2.14. The highest BCUT2D eigenvalue weighted by Gasteiger charge is 2.28. The first-order valence-electron chi connectivity index (χ1n) is 7.72. The normalized spacial score (nSPS) is 13.8. The molecule has 2 nitrogen and oxygen atoms in total. The van der Waals surface area contributed by atoms with Crippen molar-refractivity contribution in [2.75, 3.05) is 6.54 Å². The van der Waals surface area contributed by atoms with Crippen LogP contribution in [0.1, 0.15) is 58.4 Å². The van der Waals surface area contributed by atoms with E-state index in [2.05, 4.69) is 64.2 Å². The molecule has 0 amide bonds. The SMILES string of the molecule is CCCNC(c1cc2cccc(CC)c2o1)C(C)(C)C. The third-order valence-electron chi connectivity index (χ3n) is 3.77. The molecule has 1 aromatic carbocycles. The maximum atomic E-state index is 6.21. The first-order chi connectivity index (χ1) is 9.47. The summed E-state index contributed by atoms with van der Waals surface area (Å²) in [5.74, 6) is 1.06. The predicted octanol–water partition coefficient (Wildman–Crippen LogP) is 5.08. The van der Waals surface area contributed by atoms with Crippen molar-refractivity contribution in [1.29, 1.82) is 0 Å². The third kappa shape index (κ3) is 3.06. The van der Waals surface area contributed by atoms with Crippen LogP contribution in [-0.4, -0.2) is 6.54 Å². The van der Waals surface area contributed by atoms with Crippen molar-refractivity contribution >= 4 is 11.0 Å². The van der Waals surface area contributed by atoms with Crippen LogP contribution in [0.5, 0.6) is 0 Å². The Morgan fingerprint density at radius 3 is 2.55 bits per heavy atom. The van der Waals surface area contributed by atoms with Gasteiger partial charge in [-0.25, -0.2) is 0 Å². The molecule has 2 rings (SSSR count). The number of fused-ring (bicyclic) bond motifs is 1. The first-order valence-corrected chi connectivity index (χ1v) is 7.72. The molecular formula is C18H27NO. The zero-order valence-corrected chi connectivity index (χ0v) is 13.4. The Morgan fingerprint density at radius 2 is 1.95 bits per heavy atom. The maximum absolute atomic E-state index is 6.21. The second kappa shape index (κ2) is 6.01. The van der Waals surface area contributed by atoms with Crippen LogP contribution in [0.25, 0.3) is 11.0 Å². The van der Waals surface area contributed by atoms with Crippen molar-refractivity contribution in [1.82, 2.24) is 5.32 Å². The lowest BCUT2D eigenvalue weighted by molar-refractivity contribution is 0.241. The zero-order chi connectivity index (χ0) is 14.8. The summed E-state index contributed by atoms with van der Waals surface area (Å²) >= 11 is 0. The first kappa shape index (κ1) is 15.1. The average Bonchev–Trinajstić information content (AvgIpc) is 2.80. The van der Waals surface area contributed by atoms with Crippen molar-refractivity contribution < 1.29 is 4.42 Å². The lowest BCUT2D eigenvalue weighted by Crippen LogP contribution is -2.32. The van der Waals surface area contributed by atoms with Gasteiger partial charge in [0, 0.05) is 5.39 Å². The molecule has 0 aliphatic heterocycles. The molecule has 1 aromatic heterocycles. The second-order valence-electron chi connectivity index (χ2n) is 6.59. The molecule has 0 saturated carbocycles. The Morgan fingerprint density at radius 1 is 1.20 bits per heavy atom. The monoisotopic (exact) mass is 273 g/mol. The highest BCUT2D eigenvalue weighted by atomic mass is 16.3. The van der Waals surface area contributed by atoms with Crippen LogP contribution in [0.15, 0.2) is 28.7 Å². The highest BCUT2D eigenvalue weighted by Crippen LogP contribution is 2.36. The number of para-hydroxylation sites is 1. The second-order valence-corrected chi connectivity index (χ2v) is 6.59. The highest BCUT2D eigenvalue weighted by molar-refractivity contribution is 5.81. The van der Waals surface area contributed by atoms with Gasteiger partial charge >= 0.3 is 0 Å². The molecule has 1 atom stereocenters. The van der Waals surface area contributed by atoms with E-state index in [1.54, 1.807) is 0 Å². The van der Waals surface area contributed by atoms with Gasteiger partial charge in [-0.1, -0.05) is 52.8 Å². The lowest BCUT2D eigenvalue weighted by Gasteiger charge is -2.30. The Balaban J connectivity index is 2.43. The average molecular weight is 273 g/mol. The molecule has 0 aliphatic carbocycles. The quantitative estimate of drug-likeness (QED) is 0.821. The Labute approximate surface area is 122 Å². The van der Waals surface area contributed by atoms with Crippen LogP contribution in [0.2, 0.25) is 0 Å². The number of benzene rings is 1. The topological polar surface area (TPSA) is 25.2 Å². The number of hydrogen-bond donors (Lipinski definition) is 1. The maximum Gasteiger partial charge on any atom is 0.137 e. The molecule has 110 valence electrons. The van der Waals surface area contributed by atoms with Crippen LogP contribution in [0, 0.1) is 5.41 Å². The molecule has 2 aromatic rings. The molecule has 20 heavy (non-hydrogen) atoms. The van der Waals surface area contributed by atoms with E-state index in [1.165, 1.54) is 10.9 Å². The van der Waals surface area contributed by atoms with Crippen LogP contribution >= 0.6 is 0 Å². The minimum atomic E-state index is 0.134. The summed E-state index contributed by atoms with van der Waals surface area (Å²) in [7, 11) is 0. The lowest BCUT2D eigenvalue weighted by atomic mass is 9.85. The van der Waals surface area contributed by atoms with Crippen molar-refractivity contribution in [2.45, 2.75) is 53.5 Å². The van der Waals surface area contributed by atoms with E-state index >= 15 is 0 Å². The summed E-state index contributed by atoms with van der Waals surface area (Å²) in [5.41, 5.74) is 2.48. The molecule has 2 heteroatoms. The van der Waals surface area contributed by atoms with Gasteiger partial charge in [-0.05, 0) is 36.4 Å². The van der Waals surface area contributed by atoms with Crippen LogP contribution in [-0.2, 0) is 6.42 Å². The van der Waals surface area contributed by atoms with Crippen LogP contribution in [0.3, 0.4) is 0 Å². The molecule has 0 saturated heterocycles. The molecule has 1 N–H and O–H groups in total. The molecule has 0 radical (unpaired) electrons. The van der Waals surface area contributed by atoms with Gasteiger partial charge in [0.2, 0.25) is 0 Å². The molecule has 0 bridgehead atoms. The molecule has 0 aliphatic rings. The minimum Gasteiger partial charge on any atom is -0.459 e. The van der Waals surface area contributed by atoms with E-state index in [1.807, 2.05) is 0 Å². The smallest absolute Gasteiger partial charge is 0.137 e. The van der Waals surface area contributed by atoms with Crippen molar-refractivity contribution in [3.63, 3.8) is 0 Å². The van der Waals surface area contributed by atoms with Crippen molar-refractivity contribution in [3.8, 4) is 0 Å². The Hall–Kier alpha value is -1.28. The zero-order valence-electron chi connectivity index (χ0n) is 13.4. The van der Waals surface area contributed by atoms with Gasteiger partial charge in [-0.15, -0.1) is 0 Å². The molecule has 1 heterocycles. The number of nitrogens with one attached hydrogen (secondary N) is 1. The Kier molecular flexibility index (Phi) is 4.54. The summed E-state index contributed by atoms with van der Waals surface area (Å²) in [6.45, 7) is 12.2. The molecular weight excluding hydrogens is 246 g/mol. The molecule has 0 fully saturated rings. The summed E-state index contributed by atoms with van der Waals surface area (Å²) in [4.78, 5) is 0. The van der Waals surface area contributed by atoms with Gasteiger partial charge in [0.1, 0.15) is 11.3 Å². The van der Waals surface area contributed by atoms with E-state index < -0.39 is 0 Å². The standard InChI is InChI=1S/C18H27NO/c1-6-11-19-17(18(3,4)5)15-12-14-10-8-9-13(7-2)16(14)20-15/h8-10,12,17,19H,6-7,11H2,1-5H3. The van der Waals surface area contributed by atoms with Crippen LogP contribution in [0.4, 0.5) is 0 Å². The van der Waals surface area contributed by atoms with Gasteiger partial charge in [-0.2, -0.15) is 0 Å². The van der Waals surface area contributed by atoms with E-state index in [9.17, 15) is 0 Å². The van der Waals surface area contributed by atoms with E-state index in [0.29, 0.717) is 0 Å². The number of furan rings is 1.